The summed E-state index contributed by atoms with van der Waals surface area (Å²) in [7, 11) is 0. The highest BCUT2D eigenvalue weighted by Crippen LogP contribution is 2.27. The number of para-hydroxylation sites is 1. The molecule has 0 aliphatic heterocycles. The summed E-state index contributed by atoms with van der Waals surface area (Å²) in [6.45, 7) is 4.50. The first-order chi connectivity index (χ1) is 14.5. The van der Waals surface area contributed by atoms with E-state index in [0.29, 0.717) is 17.3 Å². The van der Waals surface area contributed by atoms with E-state index in [2.05, 4.69) is 22.9 Å². The predicted molar refractivity (Wildman–Crippen MR) is 123 cm³/mol. The summed E-state index contributed by atoms with van der Waals surface area (Å²) < 4.78 is 0. The third-order valence-electron chi connectivity index (χ3n) is 5.87. The van der Waals surface area contributed by atoms with Gasteiger partial charge in [-0.1, -0.05) is 50.3 Å². The van der Waals surface area contributed by atoms with E-state index < -0.39 is 0 Å². The number of benzene rings is 2. The molecule has 160 valence electrons. The van der Waals surface area contributed by atoms with Crippen molar-refractivity contribution in [2.75, 3.05) is 10.6 Å². The lowest BCUT2D eigenvalue weighted by atomic mass is 9.85. The van der Waals surface area contributed by atoms with Crippen molar-refractivity contribution in [3.8, 4) is 0 Å². The van der Waals surface area contributed by atoms with Crippen molar-refractivity contribution in [3.63, 3.8) is 0 Å². The van der Waals surface area contributed by atoms with Crippen LogP contribution in [0, 0.1) is 5.92 Å². The summed E-state index contributed by atoms with van der Waals surface area (Å²) in [5, 5.41) is 9.39. The van der Waals surface area contributed by atoms with E-state index in [9.17, 15) is 9.59 Å². The maximum atomic E-state index is 12.4. The Kier molecular flexibility index (Phi) is 8.03. The molecule has 1 aliphatic carbocycles. The van der Waals surface area contributed by atoms with Crippen LogP contribution >= 0.6 is 0 Å². The first-order valence-corrected chi connectivity index (χ1v) is 11.0. The molecule has 0 saturated heterocycles. The number of hydrogen-bond acceptors (Lipinski definition) is 3. The maximum absolute atomic E-state index is 12.4. The number of carbonyl (C=O) groups is 2. The predicted octanol–water partition coefficient (Wildman–Crippen LogP) is 5.98. The van der Waals surface area contributed by atoms with Crippen LogP contribution in [-0.4, -0.2) is 17.9 Å². The van der Waals surface area contributed by atoms with Crippen LogP contribution in [0.25, 0.3) is 0 Å². The highest BCUT2D eigenvalue weighted by Gasteiger charge is 2.16. The van der Waals surface area contributed by atoms with E-state index >= 15 is 0 Å². The third-order valence-corrected chi connectivity index (χ3v) is 5.87. The average Bonchev–Trinajstić information content (AvgIpc) is 2.74. The zero-order chi connectivity index (χ0) is 21.3. The van der Waals surface area contributed by atoms with E-state index in [0.717, 1.165) is 23.7 Å². The van der Waals surface area contributed by atoms with Crippen LogP contribution in [0.2, 0.25) is 0 Å². The van der Waals surface area contributed by atoms with Gasteiger partial charge in [0.1, 0.15) is 0 Å². The second kappa shape index (κ2) is 10.9. The van der Waals surface area contributed by atoms with Crippen LogP contribution in [0.3, 0.4) is 0 Å². The maximum Gasteiger partial charge on any atom is 0.323 e. The highest BCUT2D eigenvalue weighted by molar-refractivity contribution is 6.00. The Labute approximate surface area is 179 Å². The van der Waals surface area contributed by atoms with Gasteiger partial charge >= 0.3 is 6.03 Å². The Morgan fingerprint density at radius 1 is 0.967 bits per heavy atom. The van der Waals surface area contributed by atoms with Crippen molar-refractivity contribution in [2.45, 2.75) is 65.0 Å². The molecule has 1 aliphatic rings. The van der Waals surface area contributed by atoms with Gasteiger partial charge in [0.05, 0.1) is 0 Å². The molecule has 2 aromatic rings. The summed E-state index contributed by atoms with van der Waals surface area (Å²) in [5.41, 5.74) is 3.14. The summed E-state index contributed by atoms with van der Waals surface area (Å²) in [6.07, 6.45) is 8.07. The van der Waals surface area contributed by atoms with Crippen LogP contribution < -0.4 is 16.0 Å². The molecule has 0 unspecified atom stereocenters. The van der Waals surface area contributed by atoms with Crippen LogP contribution in [0.15, 0.2) is 48.5 Å². The number of rotatable bonds is 8. The SMILES string of the molecule is CC(=O)c1ccc(NC(=O)Nc2ccccc2CN[C@@H](C)CC2CCCCC2)cc1. The molecule has 0 heterocycles. The number of hydrogen-bond donors (Lipinski definition) is 3. The second-order valence-corrected chi connectivity index (χ2v) is 8.39. The molecular weight excluding hydrogens is 374 g/mol. The zero-order valence-electron chi connectivity index (χ0n) is 18.0. The lowest BCUT2D eigenvalue weighted by Crippen LogP contribution is -2.29. The lowest BCUT2D eigenvalue weighted by molar-refractivity contribution is 0.101. The lowest BCUT2D eigenvalue weighted by Gasteiger charge is -2.25. The molecule has 5 nitrogen and oxygen atoms in total. The first-order valence-electron chi connectivity index (χ1n) is 11.0. The Hall–Kier alpha value is -2.66. The van der Waals surface area contributed by atoms with Crippen LogP contribution in [-0.2, 0) is 6.54 Å². The van der Waals surface area contributed by atoms with Crippen molar-refractivity contribution in [3.05, 3.63) is 59.7 Å². The molecule has 0 spiro atoms. The van der Waals surface area contributed by atoms with Crippen LogP contribution in [0.4, 0.5) is 16.2 Å². The van der Waals surface area contributed by atoms with Gasteiger partial charge in [-0.2, -0.15) is 0 Å². The number of ketones is 1. The first kappa shape index (κ1) is 22.0. The topological polar surface area (TPSA) is 70.2 Å². The number of anilines is 2. The minimum atomic E-state index is -0.298. The fraction of sp³-hybridized carbons (Fsp3) is 0.440. The monoisotopic (exact) mass is 407 g/mol. The van der Waals surface area contributed by atoms with Gasteiger partial charge in [-0.15, -0.1) is 0 Å². The molecule has 1 saturated carbocycles. The van der Waals surface area contributed by atoms with E-state index in [-0.39, 0.29) is 11.8 Å². The highest BCUT2D eigenvalue weighted by atomic mass is 16.2. The van der Waals surface area contributed by atoms with Gasteiger partial charge in [-0.05, 0) is 62.1 Å². The summed E-state index contributed by atoms with van der Waals surface area (Å²) in [4.78, 5) is 23.8. The molecule has 0 radical (unpaired) electrons. The number of urea groups is 1. The normalized spacial score (nSPS) is 15.4. The molecule has 2 aromatic carbocycles. The van der Waals surface area contributed by atoms with E-state index in [1.807, 2.05) is 24.3 Å². The molecule has 3 N–H and O–H groups in total. The summed E-state index contributed by atoms with van der Waals surface area (Å²) in [5.74, 6) is 0.847. The van der Waals surface area contributed by atoms with Crippen molar-refractivity contribution in [2.24, 2.45) is 5.92 Å². The molecule has 5 heteroatoms. The Balaban J connectivity index is 1.52. The second-order valence-electron chi connectivity index (χ2n) is 8.39. The number of Topliss-reactive ketones (excluding diaryl/α,β-unsaturated/α-hetero) is 1. The average molecular weight is 408 g/mol. The van der Waals surface area contributed by atoms with Crippen molar-refractivity contribution in [1.29, 1.82) is 0 Å². The number of carbonyl (C=O) groups excluding carboxylic acids is 2. The van der Waals surface area contributed by atoms with Gasteiger partial charge in [0, 0.05) is 29.5 Å². The fourth-order valence-electron chi connectivity index (χ4n) is 4.16. The molecule has 1 atom stereocenters. The van der Waals surface area contributed by atoms with Gasteiger partial charge in [-0.3, -0.25) is 4.79 Å². The van der Waals surface area contributed by atoms with Gasteiger partial charge in [0.2, 0.25) is 0 Å². The zero-order valence-corrected chi connectivity index (χ0v) is 18.0. The van der Waals surface area contributed by atoms with Crippen molar-refractivity contribution in [1.82, 2.24) is 5.32 Å². The standard InChI is InChI=1S/C25H33N3O2/c1-18(16-20-8-4-3-5-9-20)26-17-22-10-6-7-11-24(22)28-25(30)27-23-14-12-21(13-15-23)19(2)29/h6-7,10-15,18,20,26H,3-5,8-9,16-17H2,1-2H3,(H2,27,28,30)/t18-/m0/s1. The Bertz CT molecular complexity index is 842. The molecule has 1 fully saturated rings. The molecule has 30 heavy (non-hydrogen) atoms. The molecule has 3 rings (SSSR count). The summed E-state index contributed by atoms with van der Waals surface area (Å²) in [6, 6.07) is 14.9. The minimum absolute atomic E-state index is 0.00476. The van der Waals surface area contributed by atoms with E-state index in [1.165, 1.54) is 45.4 Å². The van der Waals surface area contributed by atoms with Crippen molar-refractivity contribution >= 4 is 23.2 Å². The van der Waals surface area contributed by atoms with Gasteiger partial charge in [0.25, 0.3) is 0 Å². The number of nitrogens with one attached hydrogen (secondary N) is 3. The van der Waals surface area contributed by atoms with Gasteiger partial charge in [-0.25, -0.2) is 4.79 Å². The number of amides is 2. The summed E-state index contributed by atoms with van der Waals surface area (Å²) >= 11 is 0. The van der Waals surface area contributed by atoms with E-state index in [4.69, 9.17) is 0 Å². The molecule has 2 amide bonds. The van der Waals surface area contributed by atoms with Gasteiger partial charge < -0.3 is 16.0 Å². The van der Waals surface area contributed by atoms with Gasteiger partial charge in [0.15, 0.2) is 5.78 Å². The minimum Gasteiger partial charge on any atom is -0.310 e. The smallest absolute Gasteiger partial charge is 0.310 e. The quantitative estimate of drug-likeness (QED) is 0.471. The molecule has 0 bridgehead atoms. The molecular formula is C25H33N3O2. The Morgan fingerprint density at radius 3 is 2.37 bits per heavy atom. The largest absolute Gasteiger partial charge is 0.323 e. The Morgan fingerprint density at radius 2 is 1.67 bits per heavy atom. The third kappa shape index (κ3) is 6.70. The van der Waals surface area contributed by atoms with Crippen LogP contribution in [0.1, 0.15) is 68.3 Å². The molecule has 0 aromatic heterocycles. The van der Waals surface area contributed by atoms with Crippen molar-refractivity contribution < 1.29 is 9.59 Å². The van der Waals surface area contributed by atoms with E-state index in [1.54, 1.807) is 24.3 Å². The fourth-order valence-corrected chi connectivity index (χ4v) is 4.16. The van der Waals surface area contributed by atoms with Crippen LogP contribution in [0.5, 0.6) is 0 Å².